The fourth-order valence-electron chi connectivity index (χ4n) is 1.64. The molecule has 0 spiro atoms. The van der Waals surface area contributed by atoms with Gasteiger partial charge in [0.15, 0.2) is 0 Å². The Balaban J connectivity index is 0.000000791. The topological polar surface area (TPSA) is 6.48 Å². The summed E-state index contributed by atoms with van der Waals surface area (Å²) in [6, 6.07) is 0. The summed E-state index contributed by atoms with van der Waals surface area (Å²) >= 11 is 0. The molecule has 14 heavy (non-hydrogen) atoms. The number of nitrogens with zero attached hydrogens (tertiary/aromatic N) is 2. The zero-order valence-corrected chi connectivity index (χ0v) is 11.3. The van der Waals surface area contributed by atoms with E-state index in [4.69, 9.17) is 0 Å². The maximum absolute atomic E-state index is 2.80. The average Bonchev–Trinajstić information content (AvgIpc) is 2.30. The third kappa shape index (κ3) is 5.95. The molecule has 0 aromatic carbocycles. The molecule has 1 heterocycles. The van der Waals surface area contributed by atoms with Crippen molar-refractivity contribution in [3.8, 4) is 0 Å². The summed E-state index contributed by atoms with van der Waals surface area (Å²) in [5, 5.41) is 0. The van der Waals surface area contributed by atoms with Crippen molar-refractivity contribution in [2.45, 2.75) is 27.2 Å². The number of piperazine rings is 1. The first-order valence-corrected chi connectivity index (χ1v) is 6.83. The summed E-state index contributed by atoms with van der Waals surface area (Å²) in [7, 11) is 2.80. The van der Waals surface area contributed by atoms with Crippen molar-refractivity contribution in [2.24, 2.45) is 0 Å². The van der Waals surface area contributed by atoms with Crippen LogP contribution < -0.4 is 0 Å². The van der Waals surface area contributed by atoms with Crippen molar-refractivity contribution >= 4 is 9.24 Å². The second-order valence-corrected chi connectivity index (χ2v) is 4.00. The molecule has 1 unspecified atom stereocenters. The molecular weight excluding hydrogens is 191 g/mol. The first-order chi connectivity index (χ1) is 6.86. The van der Waals surface area contributed by atoms with E-state index in [9.17, 15) is 0 Å². The minimum atomic E-state index is 1.22. The van der Waals surface area contributed by atoms with E-state index >= 15 is 0 Å². The lowest BCUT2D eigenvalue weighted by Crippen LogP contribution is -2.46. The lowest BCUT2D eigenvalue weighted by Gasteiger charge is -2.33. The van der Waals surface area contributed by atoms with Gasteiger partial charge in [-0.1, -0.05) is 20.8 Å². The molecule has 0 bridgehead atoms. The fourth-order valence-corrected chi connectivity index (χ4v) is 1.83. The van der Waals surface area contributed by atoms with E-state index in [2.05, 4.69) is 26.0 Å². The molecule has 2 nitrogen and oxygen atoms in total. The van der Waals surface area contributed by atoms with E-state index in [1.54, 1.807) is 0 Å². The van der Waals surface area contributed by atoms with Crippen molar-refractivity contribution in [2.75, 3.05) is 45.4 Å². The van der Waals surface area contributed by atoms with Crippen molar-refractivity contribution in [1.82, 2.24) is 9.80 Å². The highest BCUT2D eigenvalue weighted by molar-refractivity contribution is 7.16. The minimum Gasteiger partial charge on any atom is -0.301 e. The maximum atomic E-state index is 2.80. The van der Waals surface area contributed by atoms with Gasteiger partial charge in [0.1, 0.15) is 0 Å². The second kappa shape index (κ2) is 9.89. The SMILES string of the molecule is CC.CCN1CCN(CCCP)CC1. The Kier molecular flexibility index (Phi) is 10.1. The van der Waals surface area contributed by atoms with Gasteiger partial charge in [0.25, 0.3) is 0 Å². The van der Waals surface area contributed by atoms with E-state index < -0.39 is 0 Å². The quantitative estimate of drug-likeness (QED) is 0.665. The fraction of sp³-hybridized carbons (Fsp3) is 1.00. The Morgan fingerprint density at radius 1 is 1.00 bits per heavy atom. The van der Waals surface area contributed by atoms with Crippen LogP contribution in [0.5, 0.6) is 0 Å². The summed E-state index contributed by atoms with van der Waals surface area (Å²) in [5.74, 6) is 0. The summed E-state index contributed by atoms with van der Waals surface area (Å²) in [4.78, 5) is 5.10. The first-order valence-electron chi connectivity index (χ1n) is 6.01. The molecular formula is C11H27N2P. The van der Waals surface area contributed by atoms with E-state index in [0.717, 1.165) is 0 Å². The molecule has 3 heteroatoms. The average molecular weight is 218 g/mol. The lowest BCUT2D eigenvalue weighted by molar-refractivity contribution is 0.138. The zero-order chi connectivity index (χ0) is 10.8. The Morgan fingerprint density at radius 3 is 1.93 bits per heavy atom. The highest BCUT2D eigenvalue weighted by Crippen LogP contribution is 2.02. The van der Waals surface area contributed by atoms with Crippen LogP contribution >= 0.6 is 9.24 Å². The molecule has 0 aromatic rings. The number of hydrogen-bond acceptors (Lipinski definition) is 2. The van der Waals surface area contributed by atoms with E-state index in [0.29, 0.717) is 0 Å². The zero-order valence-electron chi connectivity index (χ0n) is 10.1. The van der Waals surface area contributed by atoms with Gasteiger partial charge in [0.05, 0.1) is 0 Å². The normalized spacial score (nSPS) is 18.9. The summed E-state index contributed by atoms with van der Waals surface area (Å²) in [6.45, 7) is 13.9. The van der Waals surface area contributed by atoms with Gasteiger partial charge < -0.3 is 9.80 Å². The Bertz CT molecular complexity index is 112. The van der Waals surface area contributed by atoms with Crippen LogP contribution in [0.25, 0.3) is 0 Å². The van der Waals surface area contributed by atoms with Crippen LogP contribution in [-0.4, -0.2) is 55.2 Å². The third-order valence-corrected chi connectivity index (χ3v) is 3.00. The van der Waals surface area contributed by atoms with Crippen molar-refractivity contribution in [3.63, 3.8) is 0 Å². The van der Waals surface area contributed by atoms with Crippen LogP contribution in [0.1, 0.15) is 27.2 Å². The van der Waals surface area contributed by atoms with Gasteiger partial charge >= 0.3 is 0 Å². The molecule has 0 radical (unpaired) electrons. The highest BCUT2D eigenvalue weighted by atomic mass is 31.0. The first kappa shape index (κ1) is 14.3. The van der Waals surface area contributed by atoms with E-state index in [1.165, 1.54) is 51.9 Å². The monoisotopic (exact) mass is 218 g/mol. The van der Waals surface area contributed by atoms with Gasteiger partial charge in [-0.2, -0.15) is 0 Å². The molecule has 1 fully saturated rings. The predicted octanol–water partition coefficient (Wildman–Crippen LogP) is 1.92. The van der Waals surface area contributed by atoms with Crippen molar-refractivity contribution < 1.29 is 0 Å². The van der Waals surface area contributed by atoms with Crippen LogP contribution in [-0.2, 0) is 0 Å². The second-order valence-electron chi connectivity index (χ2n) is 3.42. The largest absolute Gasteiger partial charge is 0.301 e. The minimum absolute atomic E-state index is 1.22. The van der Waals surface area contributed by atoms with Gasteiger partial charge in [-0.25, -0.2) is 0 Å². The molecule has 1 saturated heterocycles. The lowest BCUT2D eigenvalue weighted by atomic mass is 10.3. The smallest absolute Gasteiger partial charge is 0.0110 e. The number of hydrogen-bond donors (Lipinski definition) is 0. The highest BCUT2D eigenvalue weighted by Gasteiger charge is 2.13. The maximum Gasteiger partial charge on any atom is 0.0110 e. The molecule has 0 saturated carbocycles. The van der Waals surface area contributed by atoms with E-state index in [1.807, 2.05) is 13.8 Å². The third-order valence-electron chi connectivity index (χ3n) is 2.59. The summed E-state index contributed by atoms with van der Waals surface area (Å²) in [5.41, 5.74) is 0. The van der Waals surface area contributed by atoms with E-state index in [-0.39, 0.29) is 0 Å². The van der Waals surface area contributed by atoms with Gasteiger partial charge in [-0.3, -0.25) is 0 Å². The van der Waals surface area contributed by atoms with Gasteiger partial charge in [0, 0.05) is 26.2 Å². The van der Waals surface area contributed by atoms with Crippen molar-refractivity contribution in [1.29, 1.82) is 0 Å². The molecule has 0 N–H and O–H groups in total. The predicted molar refractivity (Wildman–Crippen MR) is 69.1 cm³/mol. The summed E-state index contributed by atoms with van der Waals surface area (Å²) in [6.07, 6.45) is 2.57. The summed E-state index contributed by atoms with van der Waals surface area (Å²) < 4.78 is 0. The van der Waals surface area contributed by atoms with Crippen LogP contribution in [0, 0.1) is 0 Å². The Hall–Kier alpha value is 0.350. The standard InChI is InChI=1S/C9H21N2P.C2H6/c1-2-10-5-7-11(8-6-10)4-3-9-12;1-2/h2-9,12H2,1H3;1-2H3. The molecule has 0 aliphatic carbocycles. The molecule has 0 amide bonds. The van der Waals surface area contributed by atoms with Crippen LogP contribution in [0.15, 0.2) is 0 Å². The van der Waals surface area contributed by atoms with Gasteiger partial charge in [-0.15, -0.1) is 9.24 Å². The van der Waals surface area contributed by atoms with Gasteiger partial charge in [0.2, 0.25) is 0 Å². The van der Waals surface area contributed by atoms with Gasteiger partial charge in [-0.05, 0) is 25.7 Å². The molecule has 86 valence electrons. The Labute approximate surface area is 92.2 Å². The molecule has 1 atom stereocenters. The number of likely N-dealkylation sites (N-methyl/N-ethyl adjacent to an activating group) is 1. The van der Waals surface area contributed by atoms with Crippen LogP contribution in [0.4, 0.5) is 0 Å². The molecule has 1 rings (SSSR count). The van der Waals surface area contributed by atoms with Crippen LogP contribution in [0.3, 0.4) is 0 Å². The van der Waals surface area contributed by atoms with Crippen molar-refractivity contribution in [3.05, 3.63) is 0 Å². The Morgan fingerprint density at radius 2 is 1.50 bits per heavy atom. The molecule has 1 aliphatic heterocycles. The molecule has 0 aromatic heterocycles. The van der Waals surface area contributed by atoms with Crippen LogP contribution in [0.2, 0.25) is 0 Å². The number of rotatable bonds is 4. The molecule has 1 aliphatic rings.